The van der Waals surface area contributed by atoms with E-state index in [9.17, 15) is 9.90 Å². The summed E-state index contributed by atoms with van der Waals surface area (Å²) < 4.78 is 0.729. The average Bonchev–Trinajstić information content (AvgIpc) is 2.40. The lowest BCUT2D eigenvalue weighted by molar-refractivity contribution is 0.0782. The molecular formula is C15H15BrN2O2. The molecule has 0 aliphatic heterocycles. The predicted octanol–water partition coefficient (Wildman–Crippen LogP) is 3.01. The maximum Gasteiger partial charge on any atom is 0.257 e. The highest BCUT2D eigenvalue weighted by molar-refractivity contribution is 9.10. The minimum atomic E-state index is -0.230. The lowest BCUT2D eigenvalue weighted by Gasteiger charge is -2.18. The molecule has 4 nitrogen and oxygen atoms in total. The Labute approximate surface area is 126 Å². The Morgan fingerprint density at radius 3 is 2.50 bits per heavy atom. The molecule has 2 rings (SSSR count). The van der Waals surface area contributed by atoms with Crippen LogP contribution in [0.15, 0.2) is 46.9 Å². The van der Waals surface area contributed by atoms with Crippen molar-refractivity contribution in [1.29, 1.82) is 0 Å². The molecule has 0 aromatic heterocycles. The third kappa shape index (κ3) is 3.30. The van der Waals surface area contributed by atoms with Crippen LogP contribution < -0.4 is 5.73 Å². The van der Waals surface area contributed by atoms with Crippen LogP contribution in [0.2, 0.25) is 0 Å². The summed E-state index contributed by atoms with van der Waals surface area (Å²) in [5.74, 6) is -0.264. The van der Waals surface area contributed by atoms with Gasteiger partial charge in [0.2, 0.25) is 0 Å². The van der Waals surface area contributed by atoms with Crippen LogP contribution in [0.3, 0.4) is 0 Å². The summed E-state index contributed by atoms with van der Waals surface area (Å²) in [7, 11) is 1.69. The number of hydrogen-bond donors (Lipinski definition) is 2. The lowest BCUT2D eigenvalue weighted by atomic mass is 10.1. The van der Waals surface area contributed by atoms with E-state index >= 15 is 0 Å². The molecule has 2 aromatic carbocycles. The third-order valence-electron chi connectivity index (χ3n) is 2.94. The first-order valence-electron chi connectivity index (χ1n) is 6.06. The first-order valence-corrected chi connectivity index (χ1v) is 6.85. The first-order chi connectivity index (χ1) is 9.47. The number of nitrogen functional groups attached to an aromatic ring is 1. The van der Waals surface area contributed by atoms with E-state index < -0.39 is 0 Å². The second-order valence-electron chi connectivity index (χ2n) is 4.56. The minimum absolute atomic E-state index is 0.0338. The fraction of sp³-hybridized carbons (Fsp3) is 0.133. The van der Waals surface area contributed by atoms with E-state index in [2.05, 4.69) is 15.9 Å². The molecule has 0 saturated heterocycles. The van der Waals surface area contributed by atoms with Crippen LogP contribution in [0.1, 0.15) is 15.9 Å². The number of nitrogens with two attached hydrogens (primary N) is 1. The monoisotopic (exact) mass is 334 g/mol. The first kappa shape index (κ1) is 14.4. The van der Waals surface area contributed by atoms with Gasteiger partial charge in [0.1, 0.15) is 5.75 Å². The van der Waals surface area contributed by atoms with Crippen LogP contribution >= 0.6 is 15.9 Å². The number of amides is 1. The fourth-order valence-corrected chi connectivity index (χ4v) is 2.21. The standard InChI is InChI=1S/C15H15BrN2O2/c1-18(9-10-2-5-12(17)6-3-10)15(20)13-7-4-11(16)8-14(13)19/h2-8,19H,9,17H2,1H3. The molecule has 0 bridgehead atoms. The smallest absolute Gasteiger partial charge is 0.257 e. The Hall–Kier alpha value is -2.01. The summed E-state index contributed by atoms with van der Waals surface area (Å²) in [5.41, 5.74) is 7.57. The summed E-state index contributed by atoms with van der Waals surface area (Å²) in [6.45, 7) is 0.453. The number of rotatable bonds is 3. The Morgan fingerprint density at radius 2 is 1.90 bits per heavy atom. The van der Waals surface area contributed by atoms with Crippen molar-refractivity contribution < 1.29 is 9.90 Å². The van der Waals surface area contributed by atoms with Crippen molar-refractivity contribution in [2.45, 2.75) is 6.54 Å². The van der Waals surface area contributed by atoms with Crippen LogP contribution in [0.25, 0.3) is 0 Å². The van der Waals surface area contributed by atoms with Crippen LogP contribution in [-0.4, -0.2) is 23.0 Å². The third-order valence-corrected chi connectivity index (χ3v) is 3.43. The molecule has 0 atom stereocenters. The zero-order chi connectivity index (χ0) is 14.7. The Bertz CT molecular complexity index is 626. The van der Waals surface area contributed by atoms with Crippen LogP contribution in [-0.2, 0) is 6.54 Å². The fourth-order valence-electron chi connectivity index (χ4n) is 1.86. The van der Waals surface area contributed by atoms with E-state index in [-0.39, 0.29) is 17.2 Å². The van der Waals surface area contributed by atoms with Gasteiger partial charge in [-0.25, -0.2) is 0 Å². The zero-order valence-electron chi connectivity index (χ0n) is 11.0. The van der Waals surface area contributed by atoms with Gasteiger partial charge in [0, 0.05) is 23.8 Å². The zero-order valence-corrected chi connectivity index (χ0v) is 12.6. The molecule has 0 aliphatic carbocycles. The van der Waals surface area contributed by atoms with Gasteiger partial charge in [-0.1, -0.05) is 28.1 Å². The maximum atomic E-state index is 12.3. The maximum absolute atomic E-state index is 12.3. The summed E-state index contributed by atoms with van der Waals surface area (Å²) in [6.07, 6.45) is 0. The van der Waals surface area contributed by atoms with Crippen LogP contribution in [0.4, 0.5) is 5.69 Å². The molecule has 0 spiro atoms. The van der Waals surface area contributed by atoms with E-state index in [1.165, 1.54) is 6.07 Å². The average molecular weight is 335 g/mol. The van der Waals surface area contributed by atoms with E-state index in [0.717, 1.165) is 10.0 Å². The highest BCUT2D eigenvalue weighted by Crippen LogP contribution is 2.23. The summed E-state index contributed by atoms with van der Waals surface area (Å²) in [4.78, 5) is 13.8. The van der Waals surface area contributed by atoms with Gasteiger partial charge in [0.15, 0.2) is 0 Å². The van der Waals surface area contributed by atoms with Crippen molar-refractivity contribution >= 4 is 27.5 Å². The molecule has 0 aliphatic rings. The molecule has 5 heteroatoms. The summed E-state index contributed by atoms with van der Waals surface area (Å²) in [6, 6.07) is 12.2. The molecule has 1 amide bonds. The minimum Gasteiger partial charge on any atom is -0.507 e. The number of carbonyl (C=O) groups excluding carboxylic acids is 1. The summed E-state index contributed by atoms with van der Waals surface area (Å²) >= 11 is 3.25. The number of benzene rings is 2. The SMILES string of the molecule is CN(Cc1ccc(N)cc1)C(=O)c1ccc(Br)cc1O. The molecule has 2 aromatic rings. The van der Waals surface area contributed by atoms with Gasteiger partial charge in [-0.05, 0) is 35.9 Å². The highest BCUT2D eigenvalue weighted by atomic mass is 79.9. The topological polar surface area (TPSA) is 66.6 Å². The van der Waals surface area contributed by atoms with E-state index in [4.69, 9.17) is 5.73 Å². The molecule has 3 N–H and O–H groups in total. The Morgan fingerprint density at radius 1 is 1.25 bits per heavy atom. The number of phenols is 1. The van der Waals surface area contributed by atoms with Crippen LogP contribution in [0, 0.1) is 0 Å². The molecular weight excluding hydrogens is 320 g/mol. The molecule has 0 fully saturated rings. The van der Waals surface area contributed by atoms with Crippen molar-refractivity contribution in [1.82, 2.24) is 4.90 Å². The number of carbonyl (C=O) groups is 1. The van der Waals surface area contributed by atoms with Gasteiger partial charge < -0.3 is 15.7 Å². The van der Waals surface area contributed by atoms with Crippen molar-refractivity contribution in [3.63, 3.8) is 0 Å². The van der Waals surface area contributed by atoms with Gasteiger partial charge in [0.05, 0.1) is 5.56 Å². The number of hydrogen-bond acceptors (Lipinski definition) is 3. The van der Waals surface area contributed by atoms with E-state index in [1.807, 2.05) is 12.1 Å². The van der Waals surface area contributed by atoms with Gasteiger partial charge in [-0.15, -0.1) is 0 Å². The highest BCUT2D eigenvalue weighted by Gasteiger charge is 2.16. The summed E-state index contributed by atoms with van der Waals surface area (Å²) in [5, 5.41) is 9.82. The van der Waals surface area contributed by atoms with Gasteiger partial charge in [-0.2, -0.15) is 0 Å². The van der Waals surface area contributed by atoms with Crippen molar-refractivity contribution in [3.8, 4) is 5.75 Å². The predicted molar refractivity (Wildman–Crippen MR) is 82.5 cm³/mol. The quantitative estimate of drug-likeness (QED) is 0.848. The number of phenolic OH excluding ortho intramolecular Hbond substituents is 1. The normalized spacial score (nSPS) is 10.3. The second-order valence-corrected chi connectivity index (χ2v) is 5.48. The molecule has 0 radical (unpaired) electrons. The molecule has 20 heavy (non-hydrogen) atoms. The number of aromatic hydroxyl groups is 1. The molecule has 104 valence electrons. The number of anilines is 1. The van der Waals surface area contributed by atoms with E-state index in [1.54, 1.807) is 36.2 Å². The molecule has 0 heterocycles. The lowest BCUT2D eigenvalue weighted by Crippen LogP contribution is -2.26. The molecule has 0 unspecified atom stereocenters. The number of nitrogens with zero attached hydrogens (tertiary/aromatic N) is 1. The molecule has 0 saturated carbocycles. The second kappa shape index (κ2) is 5.96. The van der Waals surface area contributed by atoms with Gasteiger partial charge >= 0.3 is 0 Å². The Kier molecular flexibility index (Phi) is 4.29. The van der Waals surface area contributed by atoms with Crippen LogP contribution in [0.5, 0.6) is 5.75 Å². The Balaban J connectivity index is 2.14. The van der Waals surface area contributed by atoms with Gasteiger partial charge in [0.25, 0.3) is 5.91 Å². The van der Waals surface area contributed by atoms with Crippen molar-refractivity contribution in [3.05, 3.63) is 58.1 Å². The van der Waals surface area contributed by atoms with Gasteiger partial charge in [-0.3, -0.25) is 4.79 Å². The van der Waals surface area contributed by atoms with E-state index in [0.29, 0.717) is 12.2 Å². The number of halogens is 1. The van der Waals surface area contributed by atoms with Crippen molar-refractivity contribution in [2.75, 3.05) is 12.8 Å². The largest absolute Gasteiger partial charge is 0.507 e. The van der Waals surface area contributed by atoms with Crippen molar-refractivity contribution in [2.24, 2.45) is 0 Å².